The summed E-state index contributed by atoms with van der Waals surface area (Å²) in [5.41, 5.74) is 0. The molecule has 0 aromatic carbocycles. The van der Waals surface area contributed by atoms with Crippen molar-refractivity contribution in [2.24, 2.45) is 0 Å². The summed E-state index contributed by atoms with van der Waals surface area (Å²) in [6, 6.07) is -0.739. The van der Waals surface area contributed by atoms with Gasteiger partial charge in [-0.05, 0) is 89.9 Å². The van der Waals surface area contributed by atoms with Gasteiger partial charge >= 0.3 is 11.9 Å². The largest absolute Gasteiger partial charge is 0.544 e. The van der Waals surface area contributed by atoms with Crippen LogP contribution in [-0.2, 0) is 28.6 Å². The Morgan fingerprint density at radius 3 is 1.44 bits per heavy atom. The summed E-state index contributed by atoms with van der Waals surface area (Å²) in [6.45, 7) is 4.46. The Morgan fingerprint density at radius 1 is 0.525 bits per heavy atom. The minimum absolute atomic E-state index is 0.0157. The zero-order valence-electron chi connectivity index (χ0n) is 38.1. The van der Waals surface area contributed by atoms with Crippen LogP contribution in [0.2, 0.25) is 0 Å². The van der Waals surface area contributed by atoms with Gasteiger partial charge in [0, 0.05) is 19.3 Å². The second-order valence-electron chi connectivity index (χ2n) is 16.3. The first-order valence-corrected chi connectivity index (χ1v) is 23.1. The molecule has 0 rings (SSSR count). The predicted octanol–water partition coefficient (Wildman–Crippen LogP) is 11.6. The Kier molecular flexibility index (Phi) is 38.8. The van der Waals surface area contributed by atoms with Crippen molar-refractivity contribution in [1.29, 1.82) is 0 Å². The molecule has 0 heterocycles. The molecule has 0 saturated carbocycles. The first kappa shape index (κ1) is 55.5. The van der Waals surface area contributed by atoms with Crippen LogP contribution in [0.3, 0.4) is 0 Å². The Bertz CT molecular complexity index is 1240. The summed E-state index contributed by atoms with van der Waals surface area (Å²) in [5.74, 6) is -1.81. The molecule has 2 atom stereocenters. The van der Waals surface area contributed by atoms with Gasteiger partial charge in [0.25, 0.3) is 0 Å². The van der Waals surface area contributed by atoms with Crippen LogP contribution in [0.15, 0.2) is 85.1 Å². The molecule has 8 nitrogen and oxygen atoms in total. The molecule has 8 heteroatoms. The summed E-state index contributed by atoms with van der Waals surface area (Å²) in [7, 11) is 5.38. The molecule has 0 N–H and O–H groups in total. The second kappa shape index (κ2) is 41.3. The van der Waals surface area contributed by atoms with Crippen molar-refractivity contribution in [3.63, 3.8) is 0 Å². The normalized spacial score (nSPS) is 13.7. The van der Waals surface area contributed by atoms with E-state index in [0.717, 1.165) is 77.0 Å². The van der Waals surface area contributed by atoms with Crippen molar-refractivity contribution < 1.29 is 38.2 Å². The highest BCUT2D eigenvalue weighted by Crippen LogP contribution is 2.13. The number of nitrogens with zero attached hydrogens (tertiary/aromatic N) is 1. The average molecular weight is 824 g/mol. The fraction of sp³-hybridized carbons (Fsp3) is 0.667. The van der Waals surface area contributed by atoms with E-state index in [9.17, 15) is 19.5 Å². The summed E-state index contributed by atoms with van der Waals surface area (Å²) in [5, 5.41) is 11.6. The number of aliphatic carboxylic acids is 1. The molecule has 2 unspecified atom stereocenters. The minimum Gasteiger partial charge on any atom is -0.544 e. The number of allylic oxidation sites excluding steroid dienone is 14. The van der Waals surface area contributed by atoms with Gasteiger partial charge in [-0.25, -0.2) is 0 Å². The zero-order chi connectivity index (χ0) is 43.5. The Hall–Kier alpha value is -3.49. The highest BCUT2D eigenvalue weighted by molar-refractivity contribution is 5.70. The second-order valence-corrected chi connectivity index (χ2v) is 16.3. The summed E-state index contributed by atoms with van der Waals surface area (Å²) >= 11 is 0. The maximum absolute atomic E-state index is 12.7. The van der Waals surface area contributed by atoms with Gasteiger partial charge in [-0.2, -0.15) is 0 Å². The molecular formula is C51H85NO7. The van der Waals surface area contributed by atoms with E-state index in [0.29, 0.717) is 12.8 Å². The van der Waals surface area contributed by atoms with Gasteiger partial charge in [0.2, 0.25) is 0 Å². The Morgan fingerprint density at radius 2 is 0.949 bits per heavy atom. The topological polar surface area (TPSA) is 102 Å². The molecule has 0 aromatic heterocycles. The molecule has 0 amide bonds. The van der Waals surface area contributed by atoms with Crippen molar-refractivity contribution in [2.45, 2.75) is 180 Å². The standard InChI is InChI=1S/C51H85NO7/c1-6-8-10-12-14-16-18-20-22-23-24-25-26-27-28-30-32-34-36-38-40-42-50(54)59-47(45-57-44-43-48(51(55)56)52(3,4)5)46-58-49(53)41-39-37-35-33-31-29-21-19-17-15-13-11-9-7-2/h9,11,14-17,20,22,24-25,27-28,32,34,47-48H,6-8,10,12-13,18-19,21,23,26,29-31,33,35-46H2,1-5H3/b11-9+,16-14+,17-15+,22-20+,25-24+,28-27+,34-32+. The van der Waals surface area contributed by atoms with Crippen LogP contribution in [0.5, 0.6) is 0 Å². The lowest BCUT2D eigenvalue weighted by atomic mass is 10.1. The fourth-order valence-corrected chi connectivity index (χ4v) is 6.18. The SMILES string of the molecule is CC/C=C/C/C=C/CCCCCCCCCC(=O)OCC(COCCC(C(=O)[O-])[N+](C)(C)C)OC(=O)CCCC/C=C/C/C=C/C/C=C/C/C=C/C/C=C/CCCCC. The first-order valence-electron chi connectivity index (χ1n) is 23.1. The van der Waals surface area contributed by atoms with Crippen molar-refractivity contribution in [3.05, 3.63) is 85.1 Å². The van der Waals surface area contributed by atoms with E-state index in [1.165, 1.54) is 51.4 Å². The van der Waals surface area contributed by atoms with E-state index in [2.05, 4.69) is 98.9 Å². The summed E-state index contributed by atoms with van der Waals surface area (Å²) in [4.78, 5) is 36.9. The van der Waals surface area contributed by atoms with Crippen molar-refractivity contribution in [2.75, 3.05) is 41.0 Å². The van der Waals surface area contributed by atoms with E-state index in [-0.39, 0.29) is 49.1 Å². The van der Waals surface area contributed by atoms with Crippen LogP contribution in [0.25, 0.3) is 0 Å². The molecule has 336 valence electrons. The zero-order valence-corrected chi connectivity index (χ0v) is 38.1. The molecule has 0 radical (unpaired) electrons. The third-order valence-electron chi connectivity index (χ3n) is 9.77. The number of likely N-dealkylation sites (N-methyl/N-ethyl adjacent to an activating group) is 1. The molecule has 0 spiro atoms. The minimum atomic E-state index is -1.14. The number of rotatable bonds is 40. The van der Waals surface area contributed by atoms with E-state index in [1.807, 2.05) is 0 Å². The molecule has 0 bridgehead atoms. The van der Waals surface area contributed by atoms with Crippen molar-refractivity contribution >= 4 is 17.9 Å². The van der Waals surface area contributed by atoms with Crippen LogP contribution in [0.1, 0.15) is 168 Å². The van der Waals surface area contributed by atoms with E-state index in [1.54, 1.807) is 21.1 Å². The third-order valence-corrected chi connectivity index (χ3v) is 9.77. The maximum Gasteiger partial charge on any atom is 0.306 e. The van der Waals surface area contributed by atoms with Gasteiger partial charge in [-0.3, -0.25) is 9.59 Å². The number of carboxylic acids is 1. The Labute approximate surface area is 361 Å². The van der Waals surface area contributed by atoms with Crippen LogP contribution in [-0.4, -0.2) is 75.5 Å². The average Bonchev–Trinajstić information content (AvgIpc) is 3.19. The van der Waals surface area contributed by atoms with Gasteiger partial charge in [0.1, 0.15) is 12.6 Å². The molecule has 0 aliphatic rings. The summed E-state index contributed by atoms with van der Waals surface area (Å²) in [6.07, 6.45) is 53.2. The number of carboxylic acid groups (broad SMARTS) is 1. The number of esters is 2. The summed E-state index contributed by atoms with van der Waals surface area (Å²) < 4.78 is 17.1. The monoisotopic (exact) mass is 824 g/mol. The highest BCUT2D eigenvalue weighted by atomic mass is 16.6. The van der Waals surface area contributed by atoms with Crippen LogP contribution < -0.4 is 5.11 Å². The van der Waals surface area contributed by atoms with Crippen LogP contribution in [0, 0.1) is 0 Å². The van der Waals surface area contributed by atoms with Gasteiger partial charge in [0.05, 0.1) is 40.3 Å². The van der Waals surface area contributed by atoms with Crippen molar-refractivity contribution in [1.82, 2.24) is 0 Å². The number of hydrogen-bond donors (Lipinski definition) is 0. The number of quaternary nitrogens is 1. The van der Waals surface area contributed by atoms with Crippen LogP contribution >= 0.6 is 0 Å². The smallest absolute Gasteiger partial charge is 0.306 e. The molecule has 0 aliphatic carbocycles. The first-order chi connectivity index (χ1) is 28.6. The number of hydrogen-bond acceptors (Lipinski definition) is 7. The van der Waals surface area contributed by atoms with E-state index in [4.69, 9.17) is 14.2 Å². The van der Waals surface area contributed by atoms with Gasteiger partial charge in [-0.1, -0.05) is 144 Å². The van der Waals surface area contributed by atoms with Gasteiger partial charge < -0.3 is 28.6 Å². The molecule has 59 heavy (non-hydrogen) atoms. The molecule has 0 fully saturated rings. The number of unbranched alkanes of at least 4 members (excludes halogenated alkanes) is 12. The predicted molar refractivity (Wildman–Crippen MR) is 245 cm³/mol. The lowest BCUT2D eigenvalue weighted by Crippen LogP contribution is -2.55. The maximum atomic E-state index is 12.7. The highest BCUT2D eigenvalue weighted by Gasteiger charge is 2.25. The fourth-order valence-electron chi connectivity index (χ4n) is 6.18. The quantitative estimate of drug-likeness (QED) is 0.0262. The molecule has 0 saturated heterocycles. The Balaban J connectivity index is 4.43. The van der Waals surface area contributed by atoms with Crippen molar-refractivity contribution in [3.8, 4) is 0 Å². The van der Waals surface area contributed by atoms with Gasteiger partial charge in [0.15, 0.2) is 6.10 Å². The molecule has 0 aromatic rings. The van der Waals surface area contributed by atoms with E-state index < -0.39 is 18.1 Å². The third kappa shape index (κ3) is 39.7. The lowest BCUT2D eigenvalue weighted by Gasteiger charge is -2.34. The molecular weight excluding hydrogens is 739 g/mol. The molecule has 0 aliphatic heterocycles. The lowest BCUT2D eigenvalue weighted by molar-refractivity contribution is -0.889. The van der Waals surface area contributed by atoms with E-state index >= 15 is 0 Å². The van der Waals surface area contributed by atoms with Crippen LogP contribution in [0.4, 0.5) is 0 Å². The number of carbonyl (C=O) groups is 3. The van der Waals surface area contributed by atoms with Gasteiger partial charge in [-0.15, -0.1) is 0 Å². The number of carbonyl (C=O) groups excluding carboxylic acids is 3. The number of ether oxygens (including phenoxy) is 3.